The Balaban J connectivity index is 1.58. The highest BCUT2D eigenvalue weighted by molar-refractivity contribution is 7.13. The zero-order chi connectivity index (χ0) is 18.7. The molecule has 0 radical (unpaired) electrons. The third-order valence-corrected chi connectivity index (χ3v) is 6.19. The number of carbonyl (C=O) groups excluding carboxylic acids is 1. The largest absolute Gasteiger partial charge is 0.347 e. The smallest absolute Gasteiger partial charge is 0.263 e. The van der Waals surface area contributed by atoms with E-state index in [1.54, 1.807) is 11.3 Å². The molecule has 5 heteroatoms. The molecule has 140 valence electrons. The fourth-order valence-corrected chi connectivity index (χ4v) is 4.73. The van der Waals surface area contributed by atoms with Crippen LogP contribution in [0.4, 0.5) is 0 Å². The zero-order valence-electron chi connectivity index (χ0n) is 16.2. The third-order valence-electron chi connectivity index (χ3n) is 5.01. The zero-order valence-corrected chi connectivity index (χ0v) is 17.0. The van der Waals surface area contributed by atoms with Crippen LogP contribution in [-0.4, -0.2) is 34.9 Å². The van der Waals surface area contributed by atoms with Crippen molar-refractivity contribution in [1.82, 2.24) is 15.2 Å². The van der Waals surface area contributed by atoms with E-state index in [0.29, 0.717) is 12.0 Å². The summed E-state index contributed by atoms with van der Waals surface area (Å²) in [6.07, 6.45) is 1.93. The van der Waals surface area contributed by atoms with Crippen molar-refractivity contribution in [2.75, 3.05) is 13.1 Å². The molecule has 2 atom stereocenters. The number of thiazole rings is 1. The number of benzene rings is 1. The number of aryl methyl sites for hydroxylation is 1. The van der Waals surface area contributed by atoms with Gasteiger partial charge in [-0.05, 0) is 31.7 Å². The van der Waals surface area contributed by atoms with E-state index in [4.69, 9.17) is 0 Å². The number of likely N-dealkylation sites (tertiary alicyclic amines) is 1. The molecular formula is C21H29N3OS. The van der Waals surface area contributed by atoms with Gasteiger partial charge in [0.2, 0.25) is 0 Å². The molecule has 2 unspecified atom stereocenters. The molecule has 1 N–H and O–H groups in total. The van der Waals surface area contributed by atoms with Gasteiger partial charge in [-0.2, -0.15) is 0 Å². The fourth-order valence-electron chi connectivity index (χ4n) is 3.55. The lowest BCUT2D eigenvalue weighted by Gasteiger charge is -2.24. The maximum atomic E-state index is 12.7. The van der Waals surface area contributed by atoms with Crippen molar-refractivity contribution in [3.8, 4) is 0 Å². The van der Waals surface area contributed by atoms with Gasteiger partial charge in [0.1, 0.15) is 4.88 Å². The summed E-state index contributed by atoms with van der Waals surface area (Å²) in [4.78, 5) is 20.5. The summed E-state index contributed by atoms with van der Waals surface area (Å²) < 4.78 is 0. The number of nitrogens with one attached hydrogen (secondary N) is 1. The first-order chi connectivity index (χ1) is 12.4. The molecule has 1 fully saturated rings. The van der Waals surface area contributed by atoms with Crippen molar-refractivity contribution in [3.63, 3.8) is 0 Å². The molecule has 3 rings (SSSR count). The number of hydrogen-bond acceptors (Lipinski definition) is 4. The number of rotatable bonds is 6. The van der Waals surface area contributed by atoms with Crippen molar-refractivity contribution in [2.24, 2.45) is 5.92 Å². The molecule has 1 amide bonds. The van der Waals surface area contributed by atoms with Gasteiger partial charge in [0.05, 0.1) is 10.7 Å². The van der Waals surface area contributed by atoms with Crippen LogP contribution in [0.25, 0.3) is 0 Å². The molecule has 0 saturated carbocycles. The molecule has 1 aromatic carbocycles. The predicted molar refractivity (Wildman–Crippen MR) is 108 cm³/mol. The van der Waals surface area contributed by atoms with E-state index >= 15 is 0 Å². The highest BCUT2D eigenvalue weighted by atomic mass is 32.1. The van der Waals surface area contributed by atoms with Gasteiger partial charge in [-0.3, -0.25) is 9.69 Å². The van der Waals surface area contributed by atoms with Crippen LogP contribution in [0.2, 0.25) is 0 Å². The van der Waals surface area contributed by atoms with Crippen molar-refractivity contribution >= 4 is 17.2 Å². The van der Waals surface area contributed by atoms with Gasteiger partial charge in [-0.1, -0.05) is 44.2 Å². The minimum atomic E-state index is 0.0363. The second kappa shape index (κ2) is 8.31. The average Bonchev–Trinajstić information content (AvgIpc) is 3.21. The highest BCUT2D eigenvalue weighted by Crippen LogP contribution is 2.25. The molecule has 0 aliphatic carbocycles. The van der Waals surface area contributed by atoms with Gasteiger partial charge in [0, 0.05) is 31.6 Å². The van der Waals surface area contributed by atoms with Gasteiger partial charge < -0.3 is 5.32 Å². The van der Waals surface area contributed by atoms with Gasteiger partial charge in [-0.15, -0.1) is 11.3 Å². The summed E-state index contributed by atoms with van der Waals surface area (Å²) >= 11 is 1.55. The normalized spacial score (nSPS) is 19.0. The molecule has 1 aliphatic heterocycles. The monoisotopic (exact) mass is 371 g/mol. The molecule has 2 aromatic rings. The second-order valence-electron chi connectivity index (χ2n) is 7.66. The first-order valence-corrected chi connectivity index (χ1v) is 10.3. The van der Waals surface area contributed by atoms with Crippen LogP contribution in [-0.2, 0) is 6.42 Å². The van der Waals surface area contributed by atoms with E-state index in [1.165, 1.54) is 5.56 Å². The standard InChI is InChI=1S/C21H29N3OS/c1-14(2)12-19-22-15(3)20(26-19)21(25)23-18-10-11-24(13-18)16(4)17-8-6-5-7-9-17/h5-9,14,16,18H,10-13H2,1-4H3,(H,23,25). The molecule has 1 aliphatic rings. The molecule has 1 saturated heterocycles. The van der Waals surface area contributed by atoms with Gasteiger partial charge >= 0.3 is 0 Å². The van der Waals surface area contributed by atoms with Crippen LogP contribution in [0.5, 0.6) is 0 Å². The molecule has 26 heavy (non-hydrogen) atoms. The van der Waals surface area contributed by atoms with Crippen LogP contribution in [0.3, 0.4) is 0 Å². The van der Waals surface area contributed by atoms with Crippen molar-refractivity contribution in [3.05, 3.63) is 51.5 Å². The summed E-state index contributed by atoms with van der Waals surface area (Å²) in [6.45, 7) is 10.5. The minimum absolute atomic E-state index is 0.0363. The summed E-state index contributed by atoms with van der Waals surface area (Å²) in [5, 5.41) is 4.29. The van der Waals surface area contributed by atoms with E-state index in [2.05, 4.69) is 60.2 Å². The Bertz CT molecular complexity index is 741. The van der Waals surface area contributed by atoms with E-state index in [0.717, 1.165) is 41.5 Å². The topological polar surface area (TPSA) is 45.2 Å². The Morgan fingerprint density at radius 1 is 1.31 bits per heavy atom. The van der Waals surface area contributed by atoms with Crippen LogP contribution >= 0.6 is 11.3 Å². The van der Waals surface area contributed by atoms with Crippen LogP contribution < -0.4 is 5.32 Å². The number of hydrogen-bond donors (Lipinski definition) is 1. The van der Waals surface area contributed by atoms with E-state index in [-0.39, 0.29) is 11.9 Å². The molecule has 2 heterocycles. The van der Waals surface area contributed by atoms with Gasteiger partial charge in [-0.25, -0.2) is 4.98 Å². The summed E-state index contributed by atoms with van der Waals surface area (Å²) in [5.74, 6) is 0.591. The Morgan fingerprint density at radius 2 is 2.04 bits per heavy atom. The first-order valence-electron chi connectivity index (χ1n) is 9.50. The number of carbonyl (C=O) groups is 1. The van der Waals surface area contributed by atoms with E-state index < -0.39 is 0 Å². The van der Waals surface area contributed by atoms with E-state index in [9.17, 15) is 4.79 Å². The Labute approximate surface area is 160 Å². The molecule has 4 nitrogen and oxygen atoms in total. The SMILES string of the molecule is Cc1nc(CC(C)C)sc1C(=O)NC1CCN(C(C)c2ccccc2)C1. The number of aromatic nitrogens is 1. The Morgan fingerprint density at radius 3 is 2.73 bits per heavy atom. The van der Waals surface area contributed by atoms with Gasteiger partial charge in [0.25, 0.3) is 5.91 Å². The van der Waals surface area contributed by atoms with Crippen molar-refractivity contribution in [1.29, 1.82) is 0 Å². The lowest BCUT2D eigenvalue weighted by Crippen LogP contribution is -2.37. The second-order valence-corrected chi connectivity index (χ2v) is 8.74. The summed E-state index contributed by atoms with van der Waals surface area (Å²) in [5.41, 5.74) is 2.19. The maximum Gasteiger partial charge on any atom is 0.263 e. The highest BCUT2D eigenvalue weighted by Gasteiger charge is 2.28. The van der Waals surface area contributed by atoms with Crippen molar-refractivity contribution < 1.29 is 4.79 Å². The Hall–Kier alpha value is -1.72. The molecule has 0 spiro atoms. The summed E-state index contributed by atoms with van der Waals surface area (Å²) in [7, 11) is 0. The number of nitrogens with zero attached hydrogens (tertiary/aromatic N) is 2. The lowest BCUT2D eigenvalue weighted by atomic mass is 10.1. The lowest BCUT2D eigenvalue weighted by molar-refractivity contribution is 0.0940. The van der Waals surface area contributed by atoms with Crippen molar-refractivity contribution in [2.45, 2.75) is 52.6 Å². The molecular weight excluding hydrogens is 342 g/mol. The number of amides is 1. The maximum absolute atomic E-state index is 12.7. The third kappa shape index (κ3) is 4.51. The average molecular weight is 372 g/mol. The van der Waals surface area contributed by atoms with Crippen LogP contribution in [0.15, 0.2) is 30.3 Å². The van der Waals surface area contributed by atoms with Crippen LogP contribution in [0.1, 0.15) is 59.2 Å². The summed E-state index contributed by atoms with van der Waals surface area (Å²) in [6, 6.07) is 11.2. The van der Waals surface area contributed by atoms with Gasteiger partial charge in [0.15, 0.2) is 0 Å². The predicted octanol–water partition coefficient (Wildman–Crippen LogP) is 4.22. The fraction of sp³-hybridized carbons (Fsp3) is 0.524. The molecule has 1 aromatic heterocycles. The van der Waals surface area contributed by atoms with Crippen LogP contribution in [0, 0.1) is 12.8 Å². The van der Waals surface area contributed by atoms with E-state index in [1.807, 2.05) is 13.0 Å². The Kier molecular flexibility index (Phi) is 6.09. The molecule has 0 bridgehead atoms. The quantitative estimate of drug-likeness (QED) is 0.827. The first kappa shape index (κ1) is 19.1. The minimum Gasteiger partial charge on any atom is -0.347 e.